The molecule has 1 saturated carbocycles. The molecule has 0 aromatic heterocycles. The minimum Gasteiger partial charge on any atom is -0.484 e. The van der Waals surface area contributed by atoms with E-state index in [-0.39, 0.29) is 18.2 Å². The topological polar surface area (TPSA) is 75.9 Å². The van der Waals surface area contributed by atoms with Crippen LogP contribution in [-0.2, 0) is 4.79 Å². The molecule has 1 aliphatic heterocycles. The molecule has 2 aromatic rings. The first-order chi connectivity index (χ1) is 15.5. The van der Waals surface area contributed by atoms with Crippen molar-refractivity contribution in [2.45, 2.75) is 38.0 Å². The number of halogens is 1. The maximum absolute atomic E-state index is 12.6. The lowest BCUT2D eigenvalue weighted by Crippen LogP contribution is -2.50. The summed E-state index contributed by atoms with van der Waals surface area (Å²) in [6, 6.07) is 12.8. The Morgan fingerprint density at radius 2 is 1.72 bits per heavy atom. The number of piperazine rings is 1. The van der Waals surface area contributed by atoms with Crippen molar-refractivity contribution in [1.29, 1.82) is 0 Å². The molecule has 0 radical (unpaired) electrons. The number of nitro groups is 1. The third-order valence-corrected chi connectivity index (χ3v) is 6.66. The molecule has 4 rings (SSSR count). The molecule has 1 heterocycles. The second-order valence-corrected chi connectivity index (χ2v) is 8.89. The zero-order chi connectivity index (χ0) is 22.5. The largest absolute Gasteiger partial charge is 0.484 e. The van der Waals surface area contributed by atoms with Crippen molar-refractivity contribution in [2.24, 2.45) is 0 Å². The number of anilines is 1. The van der Waals surface area contributed by atoms with Crippen molar-refractivity contribution in [3.05, 3.63) is 63.2 Å². The smallest absolute Gasteiger partial charge is 0.294 e. The normalized spacial score (nSPS) is 17.3. The van der Waals surface area contributed by atoms with Gasteiger partial charge in [0.1, 0.15) is 11.4 Å². The summed E-state index contributed by atoms with van der Waals surface area (Å²) >= 11 is 5.91. The average molecular weight is 458 g/mol. The molecule has 0 spiro atoms. The van der Waals surface area contributed by atoms with E-state index < -0.39 is 4.92 Å². The average Bonchev–Trinajstić information content (AvgIpc) is 2.83. The van der Waals surface area contributed by atoms with Crippen molar-refractivity contribution in [3.8, 4) is 5.75 Å². The van der Waals surface area contributed by atoms with Crippen molar-refractivity contribution < 1.29 is 14.5 Å². The highest BCUT2D eigenvalue weighted by Crippen LogP contribution is 2.33. The Balaban J connectivity index is 1.27. The minimum absolute atomic E-state index is 0.0101. The highest BCUT2D eigenvalue weighted by atomic mass is 35.5. The highest BCUT2D eigenvalue weighted by molar-refractivity contribution is 6.30. The fourth-order valence-electron chi connectivity index (χ4n) is 4.62. The first kappa shape index (κ1) is 22.4. The van der Waals surface area contributed by atoms with Crippen LogP contribution < -0.4 is 9.64 Å². The second kappa shape index (κ2) is 10.2. The van der Waals surface area contributed by atoms with Crippen molar-refractivity contribution >= 4 is 28.9 Å². The summed E-state index contributed by atoms with van der Waals surface area (Å²) in [5, 5.41) is 11.7. The Bertz CT molecular complexity index is 952. The maximum Gasteiger partial charge on any atom is 0.294 e. The van der Waals surface area contributed by atoms with E-state index in [0.29, 0.717) is 48.6 Å². The minimum atomic E-state index is -0.424. The Hall–Kier alpha value is -2.80. The molecule has 0 N–H and O–H groups in total. The number of nitrogens with zero attached hydrogens (tertiary/aromatic N) is 3. The van der Waals surface area contributed by atoms with Gasteiger partial charge in [0, 0.05) is 37.3 Å². The Morgan fingerprint density at radius 3 is 2.38 bits per heavy atom. The molecule has 0 atom stereocenters. The van der Waals surface area contributed by atoms with E-state index in [1.54, 1.807) is 17.0 Å². The summed E-state index contributed by atoms with van der Waals surface area (Å²) < 4.78 is 5.73. The third kappa shape index (κ3) is 5.33. The van der Waals surface area contributed by atoms with Gasteiger partial charge in [-0.15, -0.1) is 0 Å². The van der Waals surface area contributed by atoms with Crippen LogP contribution in [0.2, 0.25) is 5.02 Å². The van der Waals surface area contributed by atoms with Gasteiger partial charge in [-0.25, -0.2) is 0 Å². The van der Waals surface area contributed by atoms with E-state index in [1.165, 1.54) is 43.7 Å². The van der Waals surface area contributed by atoms with Gasteiger partial charge in [0.2, 0.25) is 0 Å². The summed E-state index contributed by atoms with van der Waals surface area (Å²) in [5.41, 5.74) is 1.87. The van der Waals surface area contributed by atoms with Gasteiger partial charge < -0.3 is 14.5 Å². The first-order valence-corrected chi connectivity index (χ1v) is 11.6. The number of carbonyl (C=O) groups excluding carboxylic acids is 1. The van der Waals surface area contributed by atoms with Gasteiger partial charge in [0.15, 0.2) is 6.61 Å². The maximum atomic E-state index is 12.6. The van der Waals surface area contributed by atoms with Gasteiger partial charge in [-0.2, -0.15) is 0 Å². The first-order valence-electron chi connectivity index (χ1n) is 11.2. The number of benzene rings is 2. The molecule has 1 amide bonds. The lowest BCUT2D eigenvalue weighted by molar-refractivity contribution is -0.384. The third-order valence-electron chi connectivity index (χ3n) is 6.43. The van der Waals surface area contributed by atoms with E-state index >= 15 is 0 Å². The van der Waals surface area contributed by atoms with E-state index in [2.05, 4.69) is 12.1 Å². The summed E-state index contributed by atoms with van der Waals surface area (Å²) in [6.45, 7) is 2.00. The highest BCUT2D eigenvalue weighted by Gasteiger charge is 2.26. The SMILES string of the molecule is O=C(COc1ccc(C2CCCCC2)cc1)N1CCN(c2ccc(Cl)cc2[N+](=O)[O-])CC1. The molecule has 7 nitrogen and oxygen atoms in total. The van der Waals surface area contributed by atoms with E-state index in [1.807, 2.05) is 17.0 Å². The molecular formula is C24H28ClN3O4. The number of carbonyl (C=O) groups is 1. The zero-order valence-corrected chi connectivity index (χ0v) is 18.8. The van der Waals surface area contributed by atoms with Crippen molar-refractivity contribution in [1.82, 2.24) is 4.90 Å². The van der Waals surface area contributed by atoms with Gasteiger partial charge in [-0.1, -0.05) is 43.0 Å². The summed E-state index contributed by atoms with van der Waals surface area (Å²) in [4.78, 5) is 27.2. The van der Waals surface area contributed by atoms with Crippen LogP contribution in [0.5, 0.6) is 5.75 Å². The Kier molecular flexibility index (Phi) is 7.15. The fourth-order valence-corrected chi connectivity index (χ4v) is 4.78. The number of amides is 1. The van der Waals surface area contributed by atoms with Crippen LogP contribution in [-0.4, -0.2) is 48.5 Å². The molecule has 8 heteroatoms. The van der Waals surface area contributed by atoms with Gasteiger partial charge in [0.05, 0.1) is 4.92 Å². The molecule has 0 bridgehead atoms. The van der Waals surface area contributed by atoms with Crippen LogP contribution in [0.3, 0.4) is 0 Å². The van der Waals surface area contributed by atoms with Crippen LogP contribution in [0.15, 0.2) is 42.5 Å². The number of rotatable bonds is 6. The lowest BCUT2D eigenvalue weighted by atomic mass is 9.84. The monoisotopic (exact) mass is 457 g/mol. The van der Waals surface area contributed by atoms with Crippen LogP contribution in [0.1, 0.15) is 43.6 Å². The van der Waals surface area contributed by atoms with Crippen molar-refractivity contribution in [2.75, 3.05) is 37.7 Å². The van der Waals surface area contributed by atoms with Crippen LogP contribution >= 0.6 is 11.6 Å². The fraction of sp³-hybridized carbons (Fsp3) is 0.458. The van der Waals surface area contributed by atoms with Crippen LogP contribution in [0.25, 0.3) is 0 Å². The number of nitro benzene ring substituents is 1. The molecular weight excluding hydrogens is 430 g/mol. The predicted octanol–water partition coefficient (Wildman–Crippen LogP) is 5.02. The van der Waals surface area contributed by atoms with Crippen LogP contribution in [0.4, 0.5) is 11.4 Å². The van der Waals surface area contributed by atoms with Gasteiger partial charge in [-0.3, -0.25) is 14.9 Å². The molecule has 2 fully saturated rings. The molecule has 170 valence electrons. The molecule has 2 aliphatic rings. The number of ether oxygens (including phenoxy) is 1. The second-order valence-electron chi connectivity index (χ2n) is 8.45. The van der Waals surface area contributed by atoms with Crippen molar-refractivity contribution in [3.63, 3.8) is 0 Å². The summed E-state index contributed by atoms with van der Waals surface area (Å²) in [5.74, 6) is 1.27. The van der Waals surface area contributed by atoms with Gasteiger partial charge in [0.25, 0.3) is 11.6 Å². The molecule has 0 unspecified atom stereocenters. The van der Waals surface area contributed by atoms with Gasteiger partial charge >= 0.3 is 0 Å². The van der Waals surface area contributed by atoms with Gasteiger partial charge in [-0.05, 0) is 48.6 Å². The standard InChI is InChI=1S/C24H28ClN3O4/c25-20-8-11-22(23(16-20)28(30)31)26-12-14-27(15-13-26)24(29)17-32-21-9-6-19(7-10-21)18-4-2-1-3-5-18/h6-11,16,18H,1-5,12-15,17H2. The zero-order valence-electron chi connectivity index (χ0n) is 18.0. The van der Waals surface area contributed by atoms with Crippen LogP contribution in [0, 0.1) is 10.1 Å². The molecule has 32 heavy (non-hydrogen) atoms. The lowest BCUT2D eigenvalue weighted by Gasteiger charge is -2.35. The predicted molar refractivity (Wildman–Crippen MR) is 125 cm³/mol. The summed E-state index contributed by atoms with van der Waals surface area (Å²) in [7, 11) is 0. The van der Waals surface area contributed by atoms with E-state index in [4.69, 9.17) is 16.3 Å². The molecule has 1 saturated heterocycles. The molecule has 1 aliphatic carbocycles. The Morgan fingerprint density at radius 1 is 1.03 bits per heavy atom. The van der Waals surface area contributed by atoms with E-state index in [0.717, 1.165) is 0 Å². The quantitative estimate of drug-likeness (QED) is 0.449. The Labute approximate surface area is 193 Å². The summed E-state index contributed by atoms with van der Waals surface area (Å²) in [6.07, 6.45) is 6.45. The molecule has 2 aromatic carbocycles. The van der Waals surface area contributed by atoms with E-state index in [9.17, 15) is 14.9 Å². The number of hydrogen-bond donors (Lipinski definition) is 0. The number of hydrogen-bond acceptors (Lipinski definition) is 5.